The van der Waals surface area contributed by atoms with Crippen molar-refractivity contribution in [3.8, 4) is 0 Å². The van der Waals surface area contributed by atoms with Crippen LogP contribution >= 0.6 is 0 Å². The van der Waals surface area contributed by atoms with E-state index in [1.165, 1.54) is 49.8 Å². The monoisotopic (exact) mass is 259 g/mol. The highest BCUT2D eigenvalue weighted by Crippen LogP contribution is 2.58. The van der Waals surface area contributed by atoms with Gasteiger partial charge in [-0.3, -0.25) is 4.68 Å². The van der Waals surface area contributed by atoms with Crippen LogP contribution in [0.5, 0.6) is 0 Å². The van der Waals surface area contributed by atoms with Crippen LogP contribution in [-0.2, 0) is 12.1 Å². The Morgan fingerprint density at radius 1 is 1.21 bits per heavy atom. The standard InChI is InChI=1S/C16H25N3/c1-11-15(9-17-2)10-18-19(11)16-6-12-3-13(7-16)5-14(4-12)8-16/h10,12-14,17H,3-9H2,1-2H3. The molecule has 104 valence electrons. The zero-order valence-electron chi connectivity index (χ0n) is 12.2. The molecule has 3 nitrogen and oxygen atoms in total. The summed E-state index contributed by atoms with van der Waals surface area (Å²) in [5.74, 6) is 2.97. The summed E-state index contributed by atoms with van der Waals surface area (Å²) in [6.07, 6.45) is 10.8. The highest BCUT2D eigenvalue weighted by atomic mass is 15.3. The Balaban J connectivity index is 1.71. The minimum atomic E-state index is 0.380. The smallest absolute Gasteiger partial charge is 0.0638 e. The largest absolute Gasteiger partial charge is 0.316 e. The van der Waals surface area contributed by atoms with Crippen molar-refractivity contribution in [3.05, 3.63) is 17.5 Å². The molecule has 1 N–H and O–H groups in total. The lowest BCUT2D eigenvalue weighted by Crippen LogP contribution is -2.52. The molecule has 4 saturated carbocycles. The summed E-state index contributed by atoms with van der Waals surface area (Å²) in [7, 11) is 2.02. The second-order valence-corrected chi connectivity index (χ2v) is 7.34. The fraction of sp³-hybridized carbons (Fsp3) is 0.812. The molecule has 1 aromatic rings. The van der Waals surface area contributed by atoms with Crippen molar-refractivity contribution < 1.29 is 0 Å². The van der Waals surface area contributed by atoms with Crippen LogP contribution in [0.4, 0.5) is 0 Å². The maximum atomic E-state index is 4.80. The van der Waals surface area contributed by atoms with Crippen molar-refractivity contribution in [2.24, 2.45) is 17.8 Å². The Kier molecular flexibility index (Phi) is 2.57. The Morgan fingerprint density at radius 3 is 2.32 bits per heavy atom. The van der Waals surface area contributed by atoms with Gasteiger partial charge in [0.05, 0.1) is 11.7 Å². The van der Waals surface area contributed by atoms with Crippen LogP contribution in [0, 0.1) is 24.7 Å². The molecule has 1 aromatic heterocycles. The molecular weight excluding hydrogens is 234 g/mol. The molecule has 0 aromatic carbocycles. The lowest BCUT2D eigenvalue weighted by atomic mass is 9.53. The van der Waals surface area contributed by atoms with Gasteiger partial charge in [-0.1, -0.05) is 0 Å². The van der Waals surface area contributed by atoms with E-state index >= 15 is 0 Å². The highest BCUT2D eigenvalue weighted by Gasteiger charge is 2.52. The van der Waals surface area contributed by atoms with Crippen molar-refractivity contribution in [2.45, 2.75) is 57.5 Å². The lowest BCUT2D eigenvalue weighted by Gasteiger charge is -2.57. The van der Waals surface area contributed by atoms with Gasteiger partial charge in [0.15, 0.2) is 0 Å². The Hall–Kier alpha value is -0.830. The topological polar surface area (TPSA) is 29.9 Å². The van der Waals surface area contributed by atoms with E-state index in [4.69, 9.17) is 5.10 Å². The van der Waals surface area contributed by atoms with Gasteiger partial charge in [0, 0.05) is 17.8 Å². The summed E-state index contributed by atoms with van der Waals surface area (Å²) >= 11 is 0. The van der Waals surface area contributed by atoms with Crippen LogP contribution in [0.3, 0.4) is 0 Å². The molecular formula is C16H25N3. The van der Waals surface area contributed by atoms with Crippen LogP contribution < -0.4 is 5.32 Å². The molecule has 5 rings (SSSR count). The number of nitrogens with one attached hydrogen (secondary N) is 1. The number of nitrogens with zero attached hydrogens (tertiary/aromatic N) is 2. The summed E-state index contributed by atoms with van der Waals surface area (Å²) in [5, 5.41) is 8.06. The molecule has 0 amide bonds. The minimum Gasteiger partial charge on any atom is -0.316 e. The fourth-order valence-electron chi connectivity index (χ4n) is 5.61. The van der Waals surface area contributed by atoms with Crippen molar-refractivity contribution in [2.75, 3.05) is 7.05 Å². The molecule has 0 atom stereocenters. The van der Waals surface area contributed by atoms with Crippen LogP contribution in [0.15, 0.2) is 6.20 Å². The molecule has 0 saturated heterocycles. The molecule has 0 aliphatic heterocycles. The third kappa shape index (κ3) is 1.70. The van der Waals surface area contributed by atoms with Crippen molar-refractivity contribution in [1.29, 1.82) is 0 Å². The fourth-order valence-corrected chi connectivity index (χ4v) is 5.61. The Morgan fingerprint density at radius 2 is 1.79 bits per heavy atom. The molecule has 4 aliphatic carbocycles. The van der Waals surface area contributed by atoms with E-state index in [9.17, 15) is 0 Å². The molecule has 0 spiro atoms. The highest BCUT2D eigenvalue weighted by molar-refractivity contribution is 5.19. The van der Waals surface area contributed by atoms with Gasteiger partial charge in [0.1, 0.15) is 0 Å². The van der Waals surface area contributed by atoms with Crippen molar-refractivity contribution >= 4 is 0 Å². The zero-order chi connectivity index (χ0) is 13.0. The number of rotatable bonds is 3. The summed E-state index contributed by atoms with van der Waals surface area (Å²) in [6.45, 7) is 3.20. The summed E-state index contributed by atoms with van der Waals surface area (Å²) in [4.78, 5) is 0. The minimum absolute atomic E-state index is 0.380. The molecule has 4 fully saturated rings. The first-order chi connectivity index (χ1) is 9.20. The van der Waals surface area contributed by atoms with Gasteiger partial charge in [-0.2, -0.15) is 5.10 Å². The summed E-state index contributed by atoms with van der Waals surface area (Å²) in [5.41, 5.74) is 3.15. The SMILES string of the molecule is CNCc1cnn(C23CC4CC(CC(C4)C2)C3)c1C. The molecule has 19 heavy (non-hydrogen) atoms. The van der Waals surface area contributed by atoms with Crippen LogP contribution in [0.25, 0.3) is 0 Å². The number of hydrogen-bond donors (Lipinski definition) is 1. The second-order valence-electron chi connectivity index (χ2n) is 7.34. The van der Waals surface area contributed by atoms with Gasteiger partial charge in [-0.15, -0.1) is 0 Å². The first-order valence-electron chi connectivity index (χ1n) is 7.89. The Labute approximate surface area is 115 Å². The molecule has 4 bridgehead atoms. The Bertz CT molecular complexity index is 453. The van der Waals surface area contributed by atoms with Crippen LogP contribution in [0.2, 0.25) is 0 Å². The molecule has 3 heteroatoms. The third-order valence-corrected chi connectivity index (χ3v) is 5.93. The predicted molar refractivity (Wildman–Crippen MR) is 75.9 cm³/mol. The lowest BCUT2D eigenvalue weighted by molar-refractivity contribution is -0.0504. The van der Waals surface area contributed by atoms with Crippen molar-refractivity contribution in [3.63, 3.8) is 0 Å². The van der Waals surface area contributed by atoms with Crippen LogP contribution in [0.1, 0.15) is 49.8 Å². The zero-order valence-corrected chi connectivity index (χ0v) is 12.2. The molecule has 4 aliphatic rings. The van der Waals surface area contributed by atoms with Crippen molar-refractivity contribution in [1.82, 2.24) is 15.1 Å². The van der Waals surface area contributed by atoms with E-state index in [1.54, 1.807) is 0 Å². The average molecular weight is 259 g/mol. The maximum Gasteiger partial charge on any atom is 0.0638 e. The number of aromatic nitrogens is 2. The van der Waals surface area contributed by atoms with E-state index in [2.05, 4.69) is 23.1 Å². The van der Waals surface area contributed by atoms with E-state index in [0.717, 1.165) is 24.3 Å². The molecule has 1 heterocycles. The number of hydrogen-bond acceptors (Lipinski definition) is 2. The second kappa shape index (κ2) is 4.08. The van der Waals surface area contributed by atoms with Gasteiger partial charge in [0.2, 0.25) is 0 Å². The van der Waals surface area contributed by atoms with Crippen LogP contribution in [-0.4, -0.2) is 16.8 Å². The average Bonchev–Trinajstić information content (AvgIpc) is 2.70. The first kappa shape index (κ1) is 12.0. The van der Waals surface area contributed by atoms with Gasteiger partial charge in [-0.25, -0.2) is 0 Å². The summed E-state index contributed by atoms with van der Waals surface area (Å²) < 4.78 is 2.42. The van der Waals surface area contributed by atoms with E-state index < -0.39 is 0 Å². The quantitative estimate of drug-likeness (QED) is 0.904. The van der Waals surface area contributed by atoms with Gasteiger partial charge < -0.3 is 5.32 Å². The third-order valence-electron chi connectivity index (χ3n) is 5.93. The maximum absolute atomic E-state index is 4.80. The summed E-state index contributed by atoms with van der Waals surface area (Å²) in [6, 6.07) is 0. The van der Waals surface area contributed by atoms with Gasteiger partial charge in [-0.05, 0) is 70.3 Å². The molecule has 0 unspecified atom stereocenters. The predicted octanol–water partition coefficient (Wildman–Crippen LogP) is 2.84. The van der Waals surface area contributed by atoms with E-state index in [1.807, 2.05) is 7.05 Å². The molecule has 0 radical (unpaired) electrons. The normalized spacial score (nSPS) is 40.0. The van der Waals surface area contributed by atoms with E-state index in [-0.39, 0.29) is 0 Å². The van der Waals surface area contributed by atoms with E-state index in [0.29, 0.717) is 5.54 Å². The van der Waals surface area contributed by atoms with Gasteiger partial charge in [0.25, 0.3) is 0 Å². The van der Waals surface area contributed by atoms with Gasteiger partial charge >= 0.3 is 0 Å². The first-order valence-corrected chi connectivity index (χ1v) is 7.89.